The van der Waals surface area contributed by atoms with Crippen LogP contribution in [0.5, 0.6) is 5.75 Å². The van der Waals surface area contributed by atoms with Gasteiger partial charge in [0.05, 0.1) is 22.4 Å². The highest BCUT2D eigenvalue weighted by molar-refractivity contribution is 6.33. The molecule has 0 saturated carbocycles. The van der Waals surface area contributed by atoms with Gasteiger partial charge in [-0.05, 0) is 35.9 Å². The van der Waals surface area contributed by atoms with Gasteiger partial charge in [0.15, 0.2) is 0 Å². The number of carboxylic acid groups (broad SMARTS) is 1. The Balaban J connectivity index is 1.63. The number of halogens is 1. The van der Waals surface area contributed by atoms with E-state index in [-0.39, 0.29) is 12.2 Å². The zero-order valence-electron chi connectivity index (χ0n) is 15.2. The highest BCUT2D eigenvalue weighted by Gasteiger charge is 2.10. The van der Waals surface area contributed by atoms with Gasteiger partial charge in [-0.15, -0.1) is 0 Å². The average molecular weight is 409 g/mol. The third-order valence-electron chi connectivity index (χ3n) is 4.00. The van der Waals surface area contributed by atoms with Crippen molar-refractivity contribution in [2.24, 2.45) is 5.10 Å². The minimum Gasteiger partial charge on any atom is -0.489 e. The highest BCUT2D eigenvalue weighted by atomic mass is 35.5. The van der Waals surface area contributed by atoms with E-state index in [0.717, 1.165) is 0 Å². The maximum atomic E-state index is 12.1. The number of hydrazone groups is 1. The molecule has 0 bridgehead atoms. The molecule has 7 heteroatoms. The lowest BCUT2D eigenvalue weighted by atomic mass is 10.1. The molecule has 0 fully saturated rings. The maximum absolute atomic E-state index is 12.1. The first-order chi connectivity index (χ1) is 14.0. The fraction of sp³-hybridized carbons (Fsp3) is 0.0455. The second kappa shape index (κ2) is 9.52. The summed E-state index contributed by atoms with van der Waals surface area (Å²) < 4.78 is 5.71. The SMILES string of the molecule is O=C(N/N=C/c1cccc(OCc2ccccc2C(=O)O)c1)c1ccccc1Cl. The minimum absolute atomic E-state index is 0.117. The average Bonchev–Trinajstić information content (AvgIpc) is 2.73. The molecular formula is C22H17ClN2O4. The molecule has 29 heavy (non-hydrogen) atoms. The van der Waals surface area contributed by atoms with E-state index in [1.807, 2.05) is 0 Å². The van der Waals surface area contributed by atoms with E-state index in [1.165, 1.54) is 12.3 Å². The van der Waals surface area contributed by atoms with Crippen LogP contribution in [0.4, 0.5) is 0 Å². The monoisotopic (exact) mass is 408 g/mol. The van der Waals surface area contributed by atoms with Crippen molar-refractivity contribution in [3.63, 3.8) is 0 Å². The van der Waals surface area contributed by atoms with Gasteiger partial charge in [0.2, 0.25) is 0 Å². The highest BCUT2D eigenvalue weighted by Crippen LogP contribution is 2.17. The van der Waals surface area contributed by atoms with Crippen LogP contribution in [0.1, 0.15) is 31.8 Å². The van der Waals surface area contributed by atoms with Crippen LogP contribution < -0.4 is 10.2 Å². The van der Waals surface area contributed by atoms with Gasteiger partial charge < -0.3 is 9.84 Å². The van der Waals surface area contributed by atoms with E-state index in [2.05, 4.69) is 10.5 Å². The van der Waals surface area contributed by atoms with E-state index < -0.39 is 11.9 Å². The largest absolute Gasteiger partial charge is 0.489 e. The van der Waals surface area contributed by atoms with Crippen LogP contribution in [0.3, 0.4) is 0 Å². The van der Waals surface area contributed by atoms with Gasteiger partial charge in [0.25, 0.3) is 5.91 Å². The maximum Gasteiger partial charge on any atom is 0.336 e. The van der Waals surface area contributed by atoms with Gasteiger partial charge in [-0.1, -0.05) is 54.1 Å². The van der Waals surface area contributed by atoms with Gasteiger partial charge in [0, 0.05) is 5.56 Å². The molecule has 3 aromatic rings. The first kappa shape index (κ1) is 20.1. The van der Waals surface area contributed by atoms with Crippen molar-refractivity contribution in [1.29, 1.82) is 0 Å². The van der Waals surface area contributed by atoms with Crippen LogP contribution in [0, 0.1) is 0 Å². The normalized spacial score (nSPS) is 10.7. The van der Waals surface area contributed by atoms with Gasteiger partial charge in [0.1, 0.15) is 12.4 Å². The van der Waals surface area contributed by atoms with E-state index >= 15 is 0 Å². The molecule has 0 unspecified atom stereocenters. The molecule has 0 aromatic heterocycles. The van der Waals surface area contributed by atoms with E-state index in [1.54, 1.807) is 66.7 Å². The second-order valence-electron chi connectivity index (χ2n) is 6.00. The molecule has 3 aromatic carbocycles. The Morgan fingerprint density at radius 1 is 1.00 bits per heavy atom. The van der Waals surface area contributed by atoms with Crippen molar-refractivity contribution in [3.8, 4) is 5.75 Å². The molecule has 0 spiro atoms. The van der Waals surface area contributed by atoms with Crippen LogP contribution in [-0.4, -0.2) is 23.2 Å². The van der Waals surface area contributed by atoms with Crippen molar-refractivity contribution in [2.75, 3.05) is 0 Å². The quantitative estimate of drug-likeness (QED) is 0.448. The molecule has 0 radical (unpaired) electrons. The van der Waals surface area contributed by atoms with Crippen molar-refractivity contribution < 1.29 is 19.4 Å². The zero-order chi connectivity index (χ0) is 20.6. The van der Waals surface area contributed by atoms with Crippen molar-refractivity contribution in [1.82, 2.24) is 5.43 Å². The van der Waals surface area contributed by atoms with Gasteiger partial charge in [-0.2, -0.15) is 5.10 Å². The molecule has 146 valence electrons. The third kappa shape index (κ3) is 5.43. The lowest BCUT2D eigenvalue weighted by molar-refractivity contribution is 0.0693. The van der Waals surface area contributed by atoms with Crippen LogP contribution >= 0.6 is 11.6 Å². The Labute approximate surface area is 172 Å². The molecule has 3 rings (SSSR count). The van der Waals surface area contributed by atoms with Crippen LogP contribution in [0.15, 0.2) is 77.9 Å². The molecule has 0 heterocycles. The molecule has 0 aliphatic carbocycles. The molecule has 1 amide bonds. The van der Waals surface area contributed by atoms with Crippen molar-refractivity contribution in [2.45, 2.75) is 6.61 Å². The van der Waals surface area contributed by atoms with Gasteiger partial charge in [-0.3, -0.25) is 4.79 Å². The standard InChI is InChI=1S/C22H17ClN2O4/c23-20-11-4-3-10-19(20)21(26)25-24-13-15-6-5-8-17(12-15)29-14-16-7-1-2-9-18(16)22(27)28/h1-13H,14H2,(H,25,26)(H,27,28)/b24-13+. The molecule has 2 N–H and O–H groups in total. The summed E-state index contributed by atoms with van der Waals surface area (Å²) in [4.78, 5) is 23.4. The van der Waals surface area contributed by atoms with Gasteiger partial charge in [-0.25, -0.2) is 10.2 Å². The first-order valence-electron chi connectivity index (χ1n) is 8.66. The van der Waals surface area contributed by atoms with E-state index in [0.29, 0.717) is 27.5 Å². The van der Waals surface area contributed by atoms with E-state index in [9.17, 15) is 14.7 Å². The van der Waals surface area contributed by atoms with Crippen LogP contribution in [0.2, 0.25) is 5.02 Å². The van der Waals surface area contributed by atoms with E-state index in [4.69, 9.17) is 16.3 Å². The number of carbonyl (C=O) groups is 2. The second-order valence-corrected chi connectivity index (χ2v) is 6.41. The number of rotatable bonds is 7. The van der Waals surface area contributed by atoms with Crippen molar-refractivity contribution >= 4 is 29.7 Å². The molecule has 0 atom stereocenters. The fourth-order valence-electron chi connectivity index (χ4n) is 2.57. The topological polar surface area (TPSA) is 88.0 Å². The summed E-state index contributed by atoms with van der Waals surface area (Å²) in [6.45, 7) is 0.117. The Morgan fingerprint density at radius 3 is 2.48 bits per heavy atom. The lowest BCUT2D eigenvalue weighted by Gasteiger charge is -2.09. The number of ether oxygens (including phenoxy) is 1. The summed E-state index contributed by atoms with van der Waals surface area (Å²) >= 11 is 5.99. The van der Waals surface area contributed by atoms with Crippen molar-refractivity contribution in [3.05, 3.63) is 100 Å². The number of nitrogens with one attached hydrogen (secondary N) is 1. The summed E-state index contributed by atoms with van der Waals surface area (Å²) in [5.41, 5.74) is 4.24. The number of nitrogens with zero attached hydrogens (tertiary/aromatic N) is 1. The third-order valence-corrected chi connectivity index (χ3v) is 4.33. The Morgan fingerprint density at radius 2 is 1.72 bits per heavy atom. The summed E-state index contributed by atoms with van der Waals surface area (Å²) in [5, 5.41) is 13.5. The number of carbonyl (C=O) groups excluding carboxylic acids is 1. The van der Waals surface area contributed by atoms with Gasteiger partial charge >= 0.3 is 5.97 Å². The number of carboxylic acids is 1. The molecule has 0 aliphatic heterocycles. The van der Waals surface area contributed by atoms with Crippen LogP contribution in [-0.2, 0) is 6.61 Å². The summed E-state index contributed by atoms with van der Waals surface area (Å²) in [6, 6.07) is 20.4. The molecule has 0 aliphatic rings. The lowest BCUT2D eigenvalue weighted by Crippen LogP contribution is -2.17. The summed E-state index contributed by atoms with van der Waals surface area (Å²) in [7, 11) is 0. The Hall–Kier alpha value is -3.64. The summed E-state index contributed by atoms with van der Waals surface area (Å²) in [6.07, 6.45) is 1.48. The number of hydrogen-bond donors (Lipinski definition) is 2. The predicted octanol–water partition coefficient (Wildman–Crippen LogP) is 4.38. The molecular weight excluding hydrogens is 392 g/mol. The fourth-order valence-corrected chi connectivity index (χ4v) is 2.79. The number of aromatic carboxylic acids is 1. The number of amides is 1. The number of benzene rings is 3. The van der Waals surface area contributed by atoms with Crippen LogP contribution in [0.25, 0.3) is 0 Å². The minimum atomic E-state index is -1.00. The predicted molar refractivity (Wildman–Crippen MR) is 111 cm³/mol. The first-order valence-corrected chi connectivity index (χ1v) is 9.04. The molecule has 6 nitrogen and oxygen atoms in total. The summed E-state index contributed by atoms with van der Waals surface area (Å²) in [5.74, 6) is -0.865. The smallest absolute Gasteiger partial charge is 0.336 e. The number of hydrogen-bond acceptors (Lipinski definition) is 4. The molecule has 0 saturated heterocycles. The zero-order valence-corrected chi connectivity index (χ0v) is 16.0. The Kier molecular flexibility index (Phi) is 6.60. The Bertz CT molecular complexity index is 1070.